The van der Waals surface area contributed by atoms with Crippen LogP contribution in [0.25, 0.3) is 11.3 Å². The average Bonchev–Trinajstić information content (AvgIpc) is 3.25. The summed E-state index contributed by atoms with van der Waals surface area (Å²) in [6.45, 7) is 1.96. The fourth-order valence-electron chi connectivity index (χ4n) is 2.40. The third-order valence-electron chi connectivity index (χ3n) is 3.67. The second-order valence-corrected chi connectivity index (χ2v) is 7.40. The maximum absolute atomic E-state index is 13.0. The summed E-state index contributed by atoms with van der Waals surface area (Å²) >= 11 is 2.39. The SMILES string of the molecule is CCOC(=O)c1sc(N)c(C#N)c1CSc1ncc(-c2ccc(F)cc2)[nH]1. The van der Waals surface area contributed by atoms with E-state index in [-0.39, 0.29) is 12.4 Å². The van der Waals surface area contributed by atoms with E-state index in [4.69, 9.17) is 10.5 Å². The number of hydrogen-bond donors (Lipinski definition) is 2. The molecule has 138 valence electrons. The largest absolute Gasteiger partial charge is 0.462 e. The molecule has 0 fully saturated rings. The predicted molar refractivity (Wildman–Crippen MR) is 103 cm³/mol. The highest BCUT2D eigenvalue weighted by Gasteiger charge is 2.23. The van der Waals surface area contributed by atoms with Gasteiger partial charge in [0.1, 0.15) is 21.8 Å². The molecule has 0 spiro atoms. The minimum atomic E-state index is -0.488. The number of carbonyl (C=O) groups excluding carboxylic acids is 1. The molecule has 2 aromatic heterocycles. The van der Waals surface area contributed by atoms with Crippen LogP contribution in [0.4, 0.5) is 9.39 Å². The number of nitrogens with zero attached hydrogens (tertiary/aromatic N) is 2. The number of imidazole rings is 1. The Hall–Kier alpha value is -2.83. The van der Waals surface area contributed by atoms with Crippen LogP contribution in [0, 0.1) is 17.1 Å². The van der Waals surface area contributed by atoms with Gasteiger partial charge in [-0.1, -0.05) is 11.8 Å². The molecule has 0 bridgehead atoms. The van der Waals surface area contributed by atoms with Crippen molar-refractivity contribution in [2.24, 2.45) is 0 Å². The predicted octanol–water partition coefficient (Wildman–Crippen LogP) is 4.20. The highest BCUT2D eigenvalue weighted by atomic mass is 32.2. The van der Waals surface area contributed by atoms with Gasteiger partial charge in [-0.2, -0.15) is 5.26 Å². The van der Waals surface area contributed by atoms with Gasteiger partial charge in [0, 0.05) is 11.3 Å². The number of esters is 1. The van der Waals surface area contributed by atoms with Gasteiger partial charge in [-0.15, -0.1) is 11.3 Å². The van der Waals surface area contributed by atoms with E-state index in [9.17, 15) is 14.4 Å². The molecule has 0 atom stereocenters. The van der Waals surface area contributed by atoms with Crippen LogP contribution in [0.2, 0.25) is 0 Å². The number of ether oxygens (including phenoxy) is 1. The van der Waals surface area contributed by atoms with Gasteiger partial charge in [0.15, 0.2) is 5.16 Å². The molecule has 0 aliphatic heterocycles. The quantitative estimate of drug-likeness (QED) is 0.473. The third kappa shape index (κ3) is 4.13. The van der Waals surface area contributed by atoms with Gasteiger partial charge >= 0.3 is 5.97 Å². The summed E-state index contributed by atoms with van der Waals surface area (Å²) in [5.41, 5.74) is 8.26. The van der Waals surface area contributed by atoms with Crippen molar-refractivity contribution in [3.05, 3.63) is 52.3 Å². The Morgan fingerprint density at radius 3 is 2.85 bits per heavy atom. The molecule has 3 N–H and O–H groups in total. The Bertz CT molecular complexity index is 1010. The lowest BCUT2D eigenvalue weighted by Crippen LogP contribution is -2.05. The van der Waals surface area contributed by atoms with E-state index in [0.29, 0.717) is 31.9 Å². The van der Waals surface area contributed by atoms with Gasteiger partial charge in [-0.05, 0) is 36.8 Å². The number of nitrogens with two attached hydrogens (primary N) is 1. The molecule has 0 unspecified atom stereocenters. The highest BCUT2D eigenvalue weighted by Crippen LogP contribution is 2.35. The Labute approximate surface area is 163 Å². The summed E-state index contributed by atoms with van der Waals surface area (Å²) in [4.78, 5) is 19.9. The fraction of sp³-hybridized carbons (Fsp3) is 0.167. The lowest BCUT2D eigenvalue weighted by atomic mass is 10.2. The summed E-state index contributed by atoms with van der Waals surface area (Å²) in [5, 5.41) is 10.3. The molecular formula is C18H15FN4O2S2. The fourth-order valence-corrected chi connectivity index (χ4v) is 4.30. The molecule has 6 nitrogen and oxygen atoms in total. The number of aromatic amines is 1. The number of thioether (sulfide) groups is 1. The minimum absolute atomic E-state index is 0.240. The minimum Gasteiger partial charge on any atom is -0.462 e. The summed E-state index contributed by atoms with van der Waals surface area (Å²) in [6.07, 6.45) is 1.65. The van der Waals surface area contributed by atoms with Gasteiger partial charge in [-0.3, -0.25) is 0 Å². The molecule has 1 aromatic carbocycles. The summed E-state index contributed by atoms with van der Waals surface area (Å²) in [7, 11) is 0. The normalized spacial score (nSPS) is 10.6. The number of benzene rings is 1. The zero-order chi connectivity index (χ0) is 19.4. The Morgan fingerprint density at radius 1 is 1.44 bits per heavy atom. The molecule has 3 aromatic rings. The third-order valence-corrected chi connectivity index (χ3v) is 5.62. The summed E-state index contributed by atoms with van der Waals surface area (Å²) in [5.74, 6) is -0.461. The van der Waals surface area contributed by atoms with Gasteiger partial charge in [0.05, 0.1) is 24.1 Å². The molecule has 0 saturated carbocycles. The second kappa shape index (κ2) is 8.24. The molecule has 0 amide bonds. The Morgan fingerprint density at radius 2 is 2.19 bits per heavy atom. The second-order valence-electron chi connectivity index (χ2n) is 5.38. The van der Waals surface area contributed by atoms with E-state index < -0.39 is 5.97 Å². The molecule has 9 heteroatoms. The first-order chi connectivity index (χ1) is 13.0. The first-order valence-corrected chi connectivity index (χ1v) is 9.75. The number of H-pyrrole nitrogens is 1. The van der Waals surface area contributed by atoms with Crippen LogP contribution in [0.15, 0.2) is 35.6 Å². The first-order valence-electron chi connectivity index (χ1n) is 7.95. The molecule has 0 aliphatic rings. The number of nitrogens with one attached hydrogen (secondary N) is 1. The van der Waals surface area contributed by atoms with Gasteiger partial charge in [0.25, 0.3) is 0 Å². The number of rotatable bonds is 6. The number of nitrogen functional groups attached to an aromatic ring is 1. The molecule has 0 radical (unpaired) electrons. The van der Waals surface area contributed by atoms with Crippen LogP contribution in [0.3, 0.4) is 0 Å². The van der Waals surface area contributed by atoms with Crippen molar-refractivity contribution in [2.45, 2.75) is 17.8 Å². The standard InChI is InChI=1S/C18H15FN4O2S2/c1-2-25-17(24)15-13(12(7-20)16(21)27-15)9-26-18-22-8-14(23-18)10-3-5-11(19)6-4-10/h3-6,8H,2,9,21H2,1H3,(H,22,23). The molecular weight excluding hydrogens is 387 g/mol. The van der Waals surface area contributed by atoms with Crippen LogP contribution in [-0.4, -0.2) is 22.5 Å². The van der Waals surface area contributed by atoms with Crippen molar-refractivity contribution in [1.29, 1.82) is 5.26 Å². The maximum atomic E-state index is 13.0. The van der Waals surface area contributed by atoms with Crippen molar-refractivity contribution in [3.63, 3.8) is 0 Å². The van der Waals surface area contributed by atoms with Gasteiger partial charge in [0.2, 0.25) is 0 Å². The number of carbonyl (C=O) groups is 1. The van der Waals surface area contributed by atoms with E-state index in [0.717, 1.165) is 22.6 Å². The molecule has 27 heavy (non-hydrogen) atoms. The van der Waals surface area contributed by atoms with Crippen molar-refractivity contribution >= 4 is 34.1 Å². The van der Waals surface area contributed by atoms with E-state index >= 15 is 0 Å². The van der Waals surface area contributed by atoms with Crippen LogP contribution in [-0.2, 0) is 10.5 Å². The lowest BCUT2D eigenvalue weighted by molar-refractivity contribution is 0.0531. The summed E-state index contributed by atoms with van der Waals surface area (Å²) in [6, 6.07) is 8.12. The van der Waals surface area contributed by atoms with E-state index in [1.807, 2.05) is 0 Å². The Kier molecular flexibility index (Phi) is 5.78. The number of nitriles is 1. The number of thiophene rings is 1. The molecule has 2 heterocycles. The van der Waals surface area contributed by atoms with E-state index in [1.54, 1.807) is 25.3 Å². The van der Waals surface area contributed by atoms with Crippen LogP contribution >= 0.6 is 23.1 Å². The topological polar surface area (TPSA) is 105 Å². The number of hydrogen-bond acceptors (Lipinski definition) is 7. The van der Waals surface area contributed by atoms with Gasteiger partial charge < -0.3 is 15.5 Å². The first kappa shape index (κ1) is 18.9. The van der Waals surface area contributed by atoms with Gasteiger partial charge in [-0.25, -0.2) is 14.2 Å². The molecule has 0 saturated heterocycles. The average molecular weight is 402 g/mol. The smallest absolute Gasteiger partial charge is 0.348 e. The lowest BCUT2D eigenvalue weighted by Gasteiger charge is -2.03. The highest BCUT2D eigenvalue weighted by molar-refractivity contribution is 7.98. The monoisotopic (exact) mass is 402 g/mol. The number of anilines is 1. The Balaban J connectivity index is 1.80. The molecule has 0 aliphatic carbocycles. The number of halogens is 1. The van der Waals surface area contributed by atoms with Crippen molar-refractivity contribution in [1.82, 2.24) is 9.97 Å². The van der Waals surface area contributed by atoms with Crippen molar-refractivity contribution in [3.8, 4) is 17.3 Å². The van der Waals surface area contributed by atoms with Crippen LogP contribution < -0.4 is 5.73 Å². The summed E-state index contributed by atoms with van der Waals surface area (Å²) < 4.78 is 18.1. The zero-order valence-corrected chi connectivity index (χ0v) is 15.9. The molecule has 3 rings (SSSR count). The van der Waals surface area contributed by atoms with E-state index in [2.05, 4.69) is 16.0 Å². The van der Waals surface area contributed by atoms with Crippen LogP contribution in [0.1, 0.15) is 27.7 Å². The van der Waals surface area contributed by atoms with Crippen molar-refractivity contribution in [2.75, 3.05) is 12.3 Å². The maximum Gasteiger partial charge on any atom is 0.348 e. The van der Waals surface area contributed by atoms with Crippen molar-refractivity contribution < 1.29 is 13.9 Å². The van der Waals surface area contributed by atoms with Crippen LogP contribution in [0.5, 0.6) is 0 Å². The van der Waals surface area contributed by atoms with E-state index in [1.165, 1.54) is 23.9 Å². The number of aromatic nitrogens is 2. The zero-order valence-electron chi connectivity index (χ0n) is 14.3.